The van der Waals surface area contributed by atoms with Crippen molar-refractivity contribution >= 4 is 15.9 Å². The average Bonchev–Trinajstić information content (AvgIpc) is 2.48. The first-order chi connectivity index (χ1) is 10.1. The molecule has 1 unspecified atom stereocenters. The smallest absolute Gasteiger partial charge is 0.128 e. The average molecular weight is 354 g/mol. The van der Waals surface area contributed by atoms with Crippen LogP contribution in [-0.4, -0.2) is 6.54 Å². The highest BCUT2D eigenvalue weighted by atomic mass is 79.9. The van der Waals surface area contributed by atoms with Crippen molar-refractivity contribution in [3.05, 3.63) is 69.7 Å². The van der Waals surface area contributed by atoms with Crippen LogP contribution < -0.4 is 5.32 Å². The van der Waals surface area contributed by atoms with Crippen LogP contribution in [0.4, 0.5) is 8.78 Å². The van der Waals surface area contributed by atoms with Crippen LogP contribution in [0.1, 0.15) is 30.5 Å². The minimum atomic E-state index is -0.259. The Bertz CT molecular complexity index is 584. The van der Waals surface area contributed by atoms with Crippen molar-refractivity contribution in [2.75, 3.05) is 6.54 Å². The van der Waals surface area contributed by atoms with Crippen molar-refractivity contribution in [2.24, 2.45) is 0 Å². The fourth-order valence-electron chi connectivity index (χ4n) is 2.25. The lowest BCUT2D eigenvalue weighted by molar-refractivity contribution is 0.496. The van der Waals surface area contributed by atoms with Gasteiger partial charge in [-0.05, 0) is 55.3 Å². The molecule has 0 heterocycles. The van der Waals surface area contributed by atoms with Gasteiger partial charge < -0.3 is 5.32 Å². The maximum atomic E-state index is 14.1. The molecule has 0 aromatic heterocycles. The third-order valence-corrected chi connectivity index (χ3v) is 3.82. The number of nitrogens with one attached hydrogen (secondary N) is 1. The zero-order chi connectivity index (χ0) is 15.2. The molecule has 0 amide bonds. The predicted octanol–water partition coefficient (Wildman–Crippen LogP) is 5.01. The maximum absolute atomic E-state index is 14.1. The van der Waals surface area contributed by atoms with E-state index in [2.05, 4.69) is 28.2 Å². The number of halogens is 3. The van der Waals surface area contributed by atoms with Crippen LogP contribution >= 0.6 is 15.9 Å². The molecule has 2 rings (SSSR count). The lowest BCUT2D eigenvalue weighted by Crippen LogP contribution is -2.25. The zero-order valence-electron chi connectivity index (χ0n) is 11.9. The first kappa shape index (κ1) is 16.1. The first-order valence-corrected chi connectivity index (χ1v) is 7.82. The van der Waals surface area contributed by atoms with Gasteiger partial charge in [0.2, 0.25) is 0 Å². The van der Waals surface area contributed by atoms with Gasteiger partial charge in [-0.2, -0.15) is 0 Å². The van der Waals surface area contributed by atoms with Crippen molar-refractivity contribution in [3.63, 3.8) is 0 Å². The second kappa shape index (κ2) is 7.66. The largest absolute Gasteiger partial charge is 0.310 e. The molecule has 0 bridgehead atoms. The monoisotopic (exact) mass is 353 g/mol. The van der Waals surface area contributed by atoms with E-state index < -0.39 is 0 Å². The van der Waals surface area contributed by atoms with Crippen LogP contribution in [0.2, 0.25) is 0 Å². The van der Waals surface area contributed by atoms with Crippen molar-refractivity contribution < 1.29 is 8.78 Å². The van der Waals surface area contributed by atoms with Gasteiger partial charge in [-0.25, -0.2) is 8.78 Å². The summed E-state index contributed by atoms with van der Waals surface area (Å²) in [5.41, 5.74) is 1.60. The van der Waals surface area contributed by atoms with Crippen LogP contribution in [0, 0.1) is 11.6 Å². The predicted molar refractivity (Wildman–Crippen MR) is 85.2 cm³/mol. The molecule has 4 heteroatoms. The van der Waals surface area contributed by atoms with E-state index in [1.807, 2.05) is 0 Å². The third-order valence-electron chi connectivity index (χ3n) is 3.33. The molecule has 0 aliphatic carbocycles. The summed E-state index contributed by atoms with van der Waals surface area (Å²) in [6.45, 7) is 2.87. The van der Waals surface area contributed by atoms with Gasteiger partial charge in [-0.15, -0.1) is 0 Å². The molecule has 1 atom stereocenters. The Morgan fingerprint density at radius 3 is 2.48 bits per heavy atom. The summed E-state index contributed by atoms with van der Waals surface area (Å²) in [5.74, 6) is -0.487. The third kappa shape index (κ3) is 4.61. The van der Waals surface area contributed by atoms with Gasteiger partial charge in [0.15, 0.2) is 0 Å². The second-order valence-corrected chi connectivity index (χ2v) is 5.92. The summed E-state index contributed by atoms with van der Waals surface area (Å²) in [6, 6.07) is 11.2. The summed E-state index contributed by atoms with van der Waals surface area (Å²) in [5, 5.41) is 3.36. The molecule has 0 saturated carbocycles. The van der Waals surface area contributed by atoms with Gasteiger partial charge in [-0.3, -0.25) is 0 Å². The zero-order valence-corrected chi connectivity index (χ0v) is 13.5. The summed E-state index contributed by atoms with van der Waals surface area (Å²) in [6.07, 6.45) is 1.59. The van der Waals surface area contributed by atoms with Gasteiger partial charge in [-0.1, -0.05) is 35.0 Å². The van der Waals surface area contributed by atoms with Crippen molar-refractivity contribution in [1.82, 2.24) is 5.32 Å². The number of hydrogen-bond donors (Lipinski definition) is 1. The fourth-order valence-corrected chi connectivity index (χ4v) is 2.63. The van der Waals surface area contributed by atoms with Gasteiger partial charge in [0, 0.05) is 16.1 Å². The molecular weight excluding hydrogens is 336 g/mol. The Kier molecular flexibility index (Phi) is 5.88. The Balaban J connectivity index is 2.25. The van der Waals surface area contributed by atoms with Crippen LogP contribution in [0.3, 0.4) is 0 Å². The molecule has 0 radical (unpaired) electrons. The quantitative estimate of drug-likeness (QED) is 0.769. The van der Waals surface area contributed by atoms with Gasteiger partial charge in [0.25, 0.3) is 0 Å². The molecular formula is C17H18BrF2N. The summed E-state index contributed by atoms with van der Waals surface area (Å²) < 4.78 is 27.9. The van der Waals surface area contributed by atoms with E-state index >= 15 is 0 Å². The van der Waals surface area contributed by atoms with Gasteiger partial charge in [0.1, 0.15) is 11.6 Å². The van der Waals surface area contributed by atoms with Crippen LogP contribution in [0.25, 0.3) is 0 Å². The lowest BCUT2D eigenvalue weighted by atomic mass is 9.98. The van der Waals surface area contributed by atoms with Crippen LogP contribution in [0.5, 0.6) is 0 Å². The number of rotatable bonds is 6. The van der Waals surface area contributed by atoms with Crippen molar-refractivity contribution in [2.45, 2.75) is 25.8 Å². The van der Waals surface area contributed by atoms with Gasteiger partial charge in [0.05, 0.1) is 0 Å². The topological polar surface area (TPSA) is 12.0 Å². The van der Waals surface area contributed by atoms with Gasteiger partial charge >= 0.3 is 0 Å². The lowest BCUT2D eigenvalue weighted by Gasteiger charge is -2.20. The molecule has 0 fully saturated rings. The van der Waals surface area contributed by atoms with E-state index in [0.29, 0.717) is 12.0 Å². The molecule has 0 spiro atoms. The highest BCUT2D eigenvalue weighted by Gasteiger charge is 2.16. The molecule has 21 heavy (non-hydrogen) atoms. The van der Waals surface area contributed by atoms with E-state index in [1.54, 1.807) is 24.3 Å². The molecule has 0 saturated heterocycles. The Hall–Kier alpha value is -1.26. The van der Waals surface area contributed by atoms with Crippen LogP contribution in [0.15, 0.2) is 46.9 Å². The van der Waals surface area contributed by atoms with Crippen molar-refractivity contribution in [1.29, 1.82) is 0 Å². The minimum absolute atomic E-state index is 0.132. The minimum Gasteiger partial charge on any atom is -0.310 e. The van der Waals surface area contributed by atoms with E-state index in [4.69, 9.17) is 0 Å². The fraction of sp³-hybridized carbons (Fsp3) is 0.294. The molecule has 1 N–H and O–H groups in total. The van der Waals surface area contributed by atoms with E-state index in [1.165, 1.54) is 18.2 Å². The summed E-state index contributed by atoms with van der Waals surface area (Å²) in [7, 11) is 0. The Labute approximate surface area is 132 Å². The highest BCUT2D eigenvalue weighted by Crippen LogP contribution is 2.25. The van der Waals surface area contributed by atoms with E-state index in [9.17, 15) is 8.78 Å². The molecule has 2 aromatic carbocycles. The Morgan fingerprint density at radius 2 is 1.81 bits per heavy atom. The van der Waals surface area contributed by atoms with Crippen molar-refractivity contribution in [3.8, 4) is 0 Å². The van der Waals surface area contributed by atoms with Crippen LogP contribution in [-0.2, 0) is 6.42 Å². The second-order valence-electron chi connectivity index (χ2n) is 5.00. The molecule has 0 aliphatic rings. The first-order valence-electron chi connectivity index (χ1n) is 7.03. The number of hydrogen-bond acceptors (Lipinski definition) is 1. The van der Waals surface area contributed by atoms with E-state index in [0.717, 1.165) is 23.0 Å². The highest BCUT2D eigenvalue weighted by molar-refractivity contribution is 9.10. The summed E-state index contributed by atoms with van der Waals surface area (Å²) >= 11 is 3.38. The molecule has 0 aliphatic heterocycles. The molecule has 1 nitrogen and oxygen atoms in total. The number of benzene rings is 2. The maximum Gasteiger partial charge on any atom is 0.128 e. The standard InChI is InChI=1S/C17H18BrF2N/c1-2-9-21-17(10-12-3-6-14(19)7-4-12)15-11-13(18)5-8-16(15)20/h3-8,11,17,21H,2,9-10H2,1H3. The SMILES string of the molecule is CCCNC(Cc1ccc(F)cc1)c1cc(Br)ccc1F. The Morgan fingerprint density at radius 1 is 1.10 bits per heavy atom. The molecule has 112 valence electrons. The normalized spacial score (nSPS) is 12.4. The summed E-state index contributed by atoms with van der Waals surface area (Å²) in [4.78, 5) is 0. The molecule has 2 aromatic rings. The van der Waals surface area contributed by atoms with E-state index in [-0.39, 0.29) is 17.7 Å².